The van der Waals surface area contributed by atoms with Gasteiger partial charge in [-0.25, -0.2) is 0 Å². The third-order valence-electron chi connectivity index (χ3n) is 6.88. The molecule has 226 valence electrons. The quantitative estimate of drug-likeness (QED) is 0.0622. The Kier molecular flexibility index (Phi) is 28.0. The van der Waals surface area contributed by atoms with Crippen LogP contribution in [-0.4, -0.2) is 46.1 Å². The molecule has 0 heterocycles. The molecule has 0 saturated carbocycles. The second kappa shape index (κ2) is 29.3. The van der Waals surface area contributed by atoms with E-state index in [0.29, 0.717) is 12.8 Å². The molecule has 39 heavy (non-hydrogen) atoms. The van der Waals surface area contributed by atoms with Crippen LogP contribution in [0.4, 0.5) is 0 Å². The fourth-order valence-corrected chi connectivity index (χ4v) is 4.27. The van der Waals surface area contributed by atoms with Crippen LogP contribution in [0.25, 0.3) is 0 Å². The van der Waals surface area contributed by atoms with Crippen molar-refractivity contribution in [2.75, 3.05) is 6.61 Å². The molecule has 0 aliphatic rings. The summed E-state index contributed by atoms with van der Waals surface area (Å²) >= 11 is 0. The summed E-state index contributed by atoms with van der Waals surface area (Å²) in [5, 5.41) is 32.6. The first-order chi connectivity index (χ1) is 19.1. The summed E-state index contributed by atoms with van der Waals surface area (Å²) in [4.78, 5) is 12.2. The van der Waals surface area contributed by atoms with Crippen LogP contribution in [0.5, 0.6) is 0 Å². The molecule has 0 fully saturated rings. The monoisotopic (exact) mass is 547 g/mol. The lowest BCUT2D eigenvalue weighted by atomic mass is 10.1. The van der Waals surface area contributed by atoms with Gasteiger partial charge in [-0.1, -0.05) is 120 Å². The van der Waals surface area contributed by atoms with Crippen molar-refractivity contribution < 1.29 is 20.1 Å². The van der Waals surface area contributed by atoms with Gasteiger partial charge < -0.3 is 20.6 Å². The summed E-state index contributed by atoms with van der Waals surface area (Å²) in [5.74, 6) is -0.558. The highest BCUT2D eigenvalue weighted by Crippen LogP contribution is 2.09. The van der Waals surface area contributed by atoms with Crippen LogP contribution < -0.4 is 5.32 Å². The Hall–Kier alpha value is -1.69. The minimum atomic E-state index is -1.15. The summed E-state index contributed by atoms with van der Waals surface area (Å²) in [5.41, 5.74) is 0. The van der Waals surface area contributed by atoms with Gasteiger partial charge in [0.05, 0.1) is 18.8 Å². The molecule has 1 amide bonds. The summed E-state index contributed by atoms with van der Waals surface area (Å²) in [6.45, 7) is 4.05. The highest BCUT2D eigenvalue weighted by Gasteiger charge is 2.22. The lowest BCUT2D eigenvalue weighted by Crippen LogP contribution is -2.48. The van der Waals surface area contributed by atoms with E-state index >= 15 is 0 Å². The highest BCUT2D eigenvalue weighted by atomic mass is 16.3. The largest absolute Gasteiger partial charge is 0.394 e. The van der Waals surface area contributed by atoms with Crippen LogP contribution in [0, 0.1) is 0 Å². The normalized spacial score (nSPS) is 14.7. The van der Waals surface area contributed by atoms with Gasteiger partial charge in [0.25, 0.3) is 0 Å². The molecule has 5 nitrogen and oxygen atoms in total. The lowest BCUT2D eigenvalue weighted by Gasteiger charge is -2.21. The fraction of sp³-hybridized carbons (Fsp3) is 0.735. The molecule has 0 bridgehead atoms. The molecule has 0 aromatic carbocycles. The van der Waals surface area contributed by atoms with Gasteiger partial charge in [0.15, 0.2) is 0 Å². The van der Waals surface area contributed by atoms with Gasteiger partial charge in [0.2, 0.25) is 5.91 Å². The second-order valence-electron chi connectivity index (χ2n) is 10.6. The predicted molar refractivity (Wildman–Crippen MR) is 167 cm³/mol. The minimum absolute atomic E-state index is 0.322. The van der Waals surface area contributed by atoms with Crippen LogP contribution in [0.2, 0.25) is 0 Å². The van der Waals surface area contributed by atoms with E-state index < -0.39 is 30.8 Å². The standard InChI is InChI=1S/C34H61NO4/c1-3-5-7-9-11-13-14-15-16-17-18-19-20-21-23-24-26-28-32(37)31(30-36)35-34(39)33(38)29-27-25-22-12-10-8-6-4-2/h16-17,20-22,25-26,28,31-33,36-38H,3-15,18-19,23-24,27,29-30H2,1-2H3,(H,35,39)/b17-16+,21-20+,25-22-,28-26+. The number of rotatable bonds is 27. The Morgan fingerprint density at radius 1 is 0.615 bits per heavy atom. The molecular weight excluding hydrogens is 486 g/mol. The summed E-state index contributed by atoms with van der Waals surface area (Å²) < 4.78 is 0. The van der Waals surface area contributed by atoms with Crippen molar-refractivity contribution in [2.45, 2.75) is 154 Å². The molecule has 0 radical (unpaired) electrons. The number of aliphatic hydroxyl groups is 3. The van der Waals surface area contributed by atoms with Gasteiger partial charge in [0.1, 0.15) is 6.10 Å². The van der Waals surface area contributed by atoms with Crippen LogP contribution in [0.3, 0.4) is 0 Å². The summed E-state index contributed by atoms with van der Waals surface area (Å²) in [7, 11) is 0. The third kappa shape index (κ3) is 25.0. The van der Waals surface area contributed by atoms with E-state index in [0.717, 1.165) is 32.1 Å². The molecule has 3 atom stereocenters. The molecule has 0 rings (SSSR count). The number of hydrogen-bond acceptors (Lipinski definition) is 4. The van der Waals surface area contributed by atoms with Gasteiger partial charge in [-0.2, -0.15) is 0 Å². The number of aliphatic hydroxyl groups excluding tert-OH is 3. The smallest absolute Gasteiger partial charge is 0.249 e. The van der Waals surface area contributed by atoms with E-state index in [2.05, 4.69) is 49.5 Å². The fourth-order valence-electron chi connectivity index (χ4n) is 4.27. The number of unbranched alkanes of at least 4 members (excludes halogenated alkanes) is 13. The van der Waals surface area contributed by atoms with Crippen molar-refractivity contribution >= 4 is 5.91 Å². The molecule has 4 N–H and O–H groups in total. The van der Waals surface area contributed by atoms with Gasteiger partial charge in [-0.15, -0.1) is 0 Å². The van der Waals surface area contributed by atoms with Crippen molar-refractivity contribution in [3.8, 4) is 0 Å². The Bertz CT molecular complexity index is 656. The molecule has 5 heteroatoms. The SMILES string of the molecule is CCCCCC/C=C\CCC(O)C(=O)NC(CO)C(O)/C=C/CC/C=C/CC/C=C/CCCCCCCCC. The maximum atomic E-state index is 12.2. The average molecular weight is 548 g/mol. The maximum Gasteiger partial charge on any atom is 0.249 e. The van der Waals surface area contributed by atoms with Crippen molar-refractivity contribution in [3.63, 3.8) is 0 Å². The predicted octanol–water partition coefficient (Wildman–Crippen LogP) is 7.86. The first-order valence-corrected chi connectivity index (χ1v) is 16.0. The van der Waals surface area contributed by atoms with Gasteiger partial charge in [-0.3, -0.25) is 4.79 Å². The molecule has 0 aliphatic heterocycles. The maximum absolute atomic E-state index is 12.2. The Morgan fingerprint density at radius 3 is 1.59 bits per heavy atom. The van der Waals surface area contributed by atoms with E-state index in [-0.39, 0.29) is 0 Å². The van der Waals surface area contributed by atoms with Crippen molar-refractivity contribution in [1.82, 2.24) is 5.32 Å². The van der Waals surface area contributed by atoms with E-state index in [1.807, 2.05) is 12.2 Å². The minimum Gasteiger partial charge on any atom is -0.394 e. The molecular formula is C34H61NO4. The number of carbonyl (C=O) groups is 1. The lowest BCUT2D eigenvalue weighted by molar-refractivity contribution is -0.131. The topological polar surface area (TPSA) is 89.8 Å². The molecule has 3 unspecified atom stereocenters. The zero-order chi connectivity index (χ0) is 28.8. The first-order valence-electron chi connectivity index (χ1n) is 16.0. The van der Waals surface area contributed by atoms with Crippen LogP contribution in [0.1, 0.15) is 136 Å². The molecule has 0 aromatic heterocycles. The van der Waals surface area contributed by atoms with Crippen LogP contribution in [-0.2, 0) is 4.79 Å². The molecule has 0 aromatic rings. The van der Waals surface area contributed by atoms with E-state index in [4.69, 9.17) is 0 Å². The Morgan fingerprint density at radius 2 is 1.05 bits per heavy atom. The molecule has 0 spiro atoms. The highest BCUT2D eigenvalue weighted by molar-refractivity contribution is 5.80. The van der Waals surface area contributed by atoms with E-state index in [1.165, 1.54) is 77.0 Å². The Labute approximate surface area is 240 Å². The third-order valence-corrected chi connectivity index (χ3v) is 6.88. The van der Waals surface area contributed by atoms with E-state index in [1.54, 1.807) is 6.08 Å². The number of amides is 1. The van der Waals surface area contributed by atoms with Gasteiger partial charge in [-0.05, 0) is 64.2 Å². The number of nitrogens with one attached hydrogen (secondary N) is 1. The molecule has 0 saturated heterocycles. The zero-order valence-electron chi connectivity index (χ0n) is 25.2. The van der Waals surface area contributed by atoms with Crippen molar-refractivity contribution in [1.29, 1.82) is 0 Å². The summed E-state index contributed by atoms with van der Waals surface area (Å²) in [6, 6.07) is -0.833. The first kappa shape index (κ1) is 37.3. The van der Waals surface area contributed by atoms with Crippen LogP contribution in [0.15, 0.2) is 48.6 Å². The van der Waals surface area contributed by atoms with Gasteiger partial charge in [0, 0.05) is 0 Å². The number of hydrogen-bond donors (Lipinski definition) is 4. The summed E-state index contributed by atoms with van der Waals surface area (Å²) in [6.07, 6.45) is 35.7. The average Bonchev–Trinajstić information content (AvgIpc) is 2.94. The Balaban J connectivity index is 3.93. The van der Waals surface area contributed by atoms with Crippen molar-refractivity contribution in [3.05, 3.63) is 48.6 Å². The van der Waals surface area contributed by atoms with E-state index in [9.17, 15) is 20.1 Å². The van der Waals surface area contributed by atoms with Gasteiger partial charge >= 0.3 is 0 Å². The number of carbonyl (C=O) groups excluding carboxylic acids is 1. The van der Waals surface area contributed by atoms with Crippen molar-refractivity contribution in [2.24, 2.45) is 0 Å². The zero-order valence-corrected chi connectivity index (χ0v) is 25.2. The molecule has 0 aliphatic carbocycles. The van der Waals surface area contributed by atoms with Crippen LogP contribution >= 0.6 is 0 Å². The second-order valence-corrected chi connectivity index (χ2v) is 10.6. The number of allylic oxidation sites excluding steroid dienone is 7.